The smallest absolute Gasteiger partial charge is 0.247 e. The highest BCUT2D eigenvalue weighted by Crippen LogP contribution is 2.34. The van der Waals surface area contributed by atoms with E-state index < -0.39 is 31.2 Å². The first-order valence-corrected chi connectivity index (χ1v) is 7.28. The van der Waals surface area contributed by atoms with Crippen LogP contribution in [0.1, 0.15) is 19.6 Å². The van der Waals surface area contributed by atoms with Crippen molar-refractivity contribution in [2.24, 2.45) is 0 Å². The van der Waals surface area contributed by atoms with Gasteiger partial charge in [-0.1, -0.05) is 6.92 Å². The maximum absolute atomic E-state index is 14.3. The third-order valence-corrected chi connectivity index (χ3v) is 3.60. The number of aliphatic hydroxyl groups is 2. The second-order valence-electron chi connectivity index (χ2n) is 5.24. The Morgan fingerprint density at radius 2 is 2.26 bits per heavy atom. The van der Waals surface area contributed by atoms with Crippen LogP contribution in [-0.4, -0.2) is 61.3 Å². The number of anilines is 1. The molecule has 1 aliphatic rings. The number of hydrogen-bond acceptors (Lipinski definition) is 8. The molecule has 0 unspecified atom stereocenters. The zero-order valence-electron chi connectivity index (χ0n) is 12.5. The Hall–Kier alpha value is -2.04. The fourth-order valence-corrected chi connectivity index (χ4v) is 2.47. The van der Waals surface area contributed by atoms with E-state index in [1.165, 1.54) is 10.9 Å². The first kappa shape index (κ1) is 15.8. The Morgan fingerprint density at radius 1 is 1.48 bits per heavy atom. The highest BCUT2D eigenvalue weighted by atomic mass is 19.1. The zero-order valence-corrected chi connectivity index (χ0v) is 12.5. The molecular formula is C13H18FN5O4. The predicted octanol–water partition coefficient (Wildman–Crippen LogP) is -0.214. The van der Waals surface area contributed by atoms with Gasteiger partial charge in [0.05, 0.1) is 19.5 Å². The van der Waals surface area contributed by atoms with E-state index in [4.69, 9.17) is 20.3 Å². The van der Waals surface area contributed by atoms with Crippen molar-refractivity contribution in [1.82, 2.24) is 19.5 Å². The monoisotopic (exact) mass is 327 g/mol. The average molecular weight is 327 g/mol. The maximum atomic E-state index is 14.3. The first-order chi connectivity index (χ1) is 11.1. The lowest BCUT2D eigenvalue weighted by Gasteiger charge is -2.15. The topological polar surface area (TPSA) is 129 Å². The van der Waals surface area contributed by atoms with Gasteiger partial charge in [0, 0.05) is 0 Å². The number of nitrogen functional groups attached to an aromatic ring is 1. The summed E-state index contributed by atoms with van der Waals surface area (Å²) in [5, 5.41) is 18.9. The number of nitrogens with two attached hydrogens (primary N) is 1. The van der Waals surface area contributed by atoms with Crippen LogP contribution in [0.25, 0.3) is 11.2 Å². The number of nitrogens with zero attached hydrogens (tertiary/aromatic N) is 4. The Morgan fingerprint density at radius 3 is 2.91 bits per heavy atom. The fraction of sp³-hybridized carbons (Fsp3) is 0.615. The molecule has 4 N–H and O–H groups in total. The molecule has 1 aliphatic heterocycles. The fourth-order valence-electron chi connectivity index (χ4n) is 2.47. The minimum absolute atomic E-state index is 0.0435. The molecule has 2 aromatic rings. The zero-order chi connectivity index (χ0) is 16.6. The largest absolute Gasteiger partial charge is 0.476 e. The summed E-state index contributed by atoms with van der Waals surface area (Å²) >= 11 is 0. The van der Waals surface area contributed by atoms with Crippen LogP contribution in [0.15, 0.2) is 6.33 Å². The molecule has 3 rings (SSSR count). The summed E-state index contributed by atoms with van der Waals surface area (Å²) in [5.41, 5.74) is 6.23. The molecule has 126 valence electrons. The molecule has 9 nitrogen and oxygen atoms in total. The molecule has 10 heteroatoms. The highest BCUT2D eigenvalue weighted by Gasteiger charge is 2.45. The number of ether oxygens (including phenoxy) is 2. The first-order valence-electron chi connectivity index (χ1n) is 7.28. The van der Waals surface area contributed by atoms with Crippen LogP contribution in [0.3, 0.4) is 0 Å². The SMILES string of the molecule is CCCOc1nc(N)nc2c1ncn2[C@@H]1O[C@H](CO)[C@@H](O)[C@H]1F. The molecule has 0 aromatic carbocycles. The third kappa shape index (κ3) is 2.69. The molecular weight excluding hydrogens is 309 g/mol. The van der Waals surface area contributed by atoms with E-state index in [-0.39, 0.29) is 17.5 Å². The van der Waals surface area contributed by atoms with Crippen LogP contribution in [0.5, 0.6) is 5.88 Å². The van der Waals surface area contributed by atoms with E-state index in [2.05, 4.69) is 15.0 Å². The van der Waals surface area contributed by atoms with Gasteiger partial charge in [0.25, 0.3) is 0 Å². The summed E-state index contributed by atoms with van der Waals surface area (Å²) in [6.07, 6.45) is -3.25. The van der Waals surface area contributed by atoms with Gasteiger partial charge in [0.1, 0.15) is 12.2 Å². The summed E-state index contributed by atoms with van der Waals surface area (Å²) in [4.78, 5) is 12.2. The molecule has 4 atom stereocenters. The van der Waals surface area contributed by atoms with Crippen LogP contribution < -0.4 is 10.5 Å². The lowest BCUT2D eigenvalue weighted by atomic mass is 10.1. The van der Waals surface area contributed by atoms with Crippen LogP contribution in [0.2, 0.25) is 0 Å². The quantitative estimate of drug-likeness (QED) is 0.688. The normalized spacial score (nSPS) is 27.7. The summed E-state index contributed by atoms with van der Waals surface area (Å²) in [6.45, 7) is 1.87. The highest BCUT2D eigenvalue weighted by molar-refractivity contribution is 5.77. The lowest BCUT2D eigenvalue weighted by Crippen LogP contribution is -2.30. The number of rotatable bonds is 5. The van der Waals surface area contributed by atoms with Crippen molar-refractivity contribution in [3.05, 3.63) is 6.33 Å². The van der Waals surface area contributed by atoms with Gasteiger partial charge in [0.2, 0.25) is 11.8 Å². The summed E-state index contributed by atoms with van der Waals surface area (Å²) in [7, 11) is 0. The van der Waals surface area contributed by atoms with Crippen LogP contribution >= 0.6 is 0 Å². The average Bonchev–Trinajstić information content (AvgIpc) is 3.07. The van der Waals surface area contributed by atoms with Crippen molar-refractivity contribution >= 4 is 17.1 Å². The Labute approximate surface area is 130 Å². The number of aliphatic hydroxyl groups excluding tert-OH is 2. The second kappa shape index (κ2) is 6.22. The number of fused-ring (bicyclic) bond motifs is 1. The molecule has 1 saturated heterocycles. The number of hydrogen-bond donors (Lipinski definition) is 3. The number of imidazole rings is 1. The van der Waals surface area contributed by atoms with Gasteiger partial charge in [0.15, 0.2) is 23.6 Å². The van der Waals surface area contributed by atoms with Gasteiger partial charge in [-0.3, -0.25) is 4.57 Å². The van der Waals surface area contributed by atoms with E-state index in [1.807, 2.05) is 6.92 Å². The second-order valence-corrected chi connectivity index (χ2v) is 5.24. The van der Waals surface area contributed by atoms with E-state index in [1.54, 1.807) is 0 Å². The minimum Gasteiger partial charge on any atom is -0.476 e. The lowest BCUT2D eigenvalue weighted by molar-refractivity contribution is -0.0459. The van der Waals surface area contributed by atoms with E-state index in [0.717, 1.165) is 6.42 Å². The summed E-state index contributed by atoms with van der Waals surface area (Å²) in [6, 6.07) is 0. The molecule has 3 heterocycles. The van der Waals surface area contributed by atoms with Crippen molar-refractivity contribution in [1.29, 1.82) is 0 Å². The summed E-state index contributed by atoms with van der Waals surface area (Å²) < 4.78 is 26.4. The van der Waals surface area contributed by atoms with E-state index in [0.29, 0.717) is 12.1 Å². The minimum atomic E-state index is -1.74. The van der Waals surface area contributed by atoms with E-state index >= 15 is 0 Å². The van der Waals surface area contributed by atoms with Crippen LogP contribution in [0.4, 0.5) is 10.3 Å². The third-order valence-electron chi connectivity index (χ3n) is 3.60. The van der Waals surface area contributed by atoms with Crippen LogP contribution in [0, 0.1) is 0 Å². The number of alkyl halides is 1. The molecule has 0 bridgehead atoms. The number of halogens is 1. The molecule has 0 spiro atoms. The van der Waals surface area contributed by atoms with Gasteiger partial charge in [-0.25, -0.2) is 9.37 Å². The van der Waals surface area contributed by atoms with E-state index in [9.17, 15) is 9.50 Å². The van der Waals surface area contributed by atoms with Gasteiger partial charge in [-0.2, -0.15) is 9.97 Å². The Bertz CT molecular complexity index is 696. The molecule has 0 radical (unpaired) electrons. The van der Waals surface area contributed by atoms with Crippen molar-refractivity contribution in [3.63, 3.8) is 0 Å². The van der Waals surface area contributed by atoms with Gasteiger partial charge in [-0.15, -0.1) is 0 Å². The number of aromatic nitrogens is 4. The standard InChI is InChI=1S/C13H18FN5O4/c1-2-3-22-11-8-10(17-13(15)18-11)19(5-16-8)12-7(14)9(21)6(4-20)23-12/h5-7,9,12,20-21H,2-4H2,1H3,(H2,15,17,18)/t6-,7-,9-,12-/m1/s1. The van der Waals surface area contributed by atoms with Crippen molar-refractivity contribution in [3.8, 4) is 5.88 Å². The van der Waals surface area contributed by atoms with Crippen molar-refractivity contribution in [2.45, 2.75) is 38.0 Å². The van der Waals surface area contributed by atoms with Gasteiger partial charge >= 0.3 is 0 Å². The Kier molecular flexibility index (Phi) is 4.28. The molecule has 23 heavy (non-hydrogen) atoms. The molecule has 0 aliphatic carbocycles. The van der Waals surface area contributed by atoms with Gasteiger partial charge < -0.3 is 25.4 Å². The molecule has 0 saturated carbocycles. The molecule has 0 amide bonds. The maximum Gasteiger partial charge on any atom is 0.247 e. The van der Waals surface area contributed by atoms with Gasteiger partial charge in [-0.05, 0) is 6.42 Å². The Balaban J connectivity index is 2.01. The van der Waals surface area contributed by atoms with Crippen molar-refractivity contribution < 1.29 is 24.1 Å². The summed E-state index contributed by atoms with van der Waals surface area (Å²) in [5.74, 6) is 0.166. The van der Waals surface area contributed by atoms with Crippen molar-refractivity contribution in [2.75, 3.05) is 18.9 Å². The molecule has 1 fully saturated rings. The predicted molar refractivity (Wildman–Crippen MR) is 77.4 cm³/mol. The molecule has 2 aromatic heterocycles. The van der Waals surface area contributed by atoms with Crippen LogP contribution in [-0.2, 0) is 4.74 Å².